The molecule has 0 spiro atoms. The Morgan fingerprint density at radius 1 is 1.09 bits per heavy atom. The first-order valence-corrected chi connectivity index (χ1v) is 8.33. The minimum absolute atomic E-state index is 0.0847. The zero-order valence-corrected chi connectivity index (χ0v) is 14.6. The standard InChI is InChI=1S/C17H28N2O4/c1-13(2)16(21)23-12-8-6-5-7-10-18-11-9-15(20)19(14(3)4)17(18)22/h9,11,13-14H,5-8,10,12H2,1-4H3. The van der Waals surface area contributed by atoms with E-state index in [0.717, 1.165) is 25.7 Å². The lowest BCUT2D eigenvalue weighted by atomic mass is 10.2. The van der Waals surface area contributed by atoms with Gasteiger partial charge in [-0.2, -0.15) is 0 Å². The average Bonchev–Trinajstić information content (AvgIpc) is 2.47. The summed E-state index contributed by atoms with van der Waals surface area (Å²) in [6.07, 6.45) is 5.15. The van der Waals surface area contributed by atoms with E-state index in [-0.39, 0.29) is 29.2 Å². The van der Waals surface area contributed by atoms with Crippen molar-refractivity contribution in [2.45, 2.75) is 66.0 Å². The molecule has 23 heavy (non-hydrogen) atoms. The lowest BCUT2D eigenvalue weighted by Crippen LogP contribution is -2.40. The van der Waals surface area contributed by atoms with Crippen molar-refractivity contribution in [3.8, 4) is 0 Å². The summed E-state index contributed by atoms with van der Waals surface area (Å²) in [5.41, 5.74) is -0.508. The molecule has 6 nitrogen and oxygen atoms in total. The van der Waals surface area contributed by atoms with Crippen LogP contribution in [0.3, 0.4) is 0 Å². The summed E-state index contributed by atoms with van der Waals surface area (Å²) >= 11 is 0. The van der Waals surface area contributed by atoms with Crippen molar-refractivity contribution >= 4 is 5.97 Å². The van der Waals surface area contributed by atoms with Crippen molar-refractivity contribution < 1.29 is 9.53 Å². The summed E-state index contributed by atoms with van der Waals surface area (Å²) in [7, 11) is 0. The molecule has 1 aromatic rings. The first-order valence-electron chi connectivity index (χ1n) is 8.33. The third kappa shape index (κ3) is 6.04. The topological polar surface area (TPSA) is 70.3 Å². The van der Waals surface area contributed by atoms with E-state index in [4.69, 9.17) is 4.74 Å². The van der Waals surface area contributed by atoms with Crippen LogP contribution in [0.4, 0.5) is 0 Å². The van der Waals surface area contributed by atoms with Crippen LogP contribution >= 0.6 is 0 Å². The fraction of sp³-hybridized carbons (Fsp3) is 0.706. The van der Waals surface area contributed by atoms with Crippen LogP contribution in [0.1, 0.15) is 59.4 Å². The normalized spacial score (nSPS) is 11.2. The Balaban J connectivity index is 2.35. The van der Waals surface area contributed by atoms with Crippen LogP contribution in [0.15, 0.2) is 21.9 Å². The van der Waals surface area contributed by atoms with Crippen molar-refractivity contribution in [3.05, 3.63) is 33.1 Å². The lowest BCUT2D eigenvalue weighted by Gasteiger charge is -2.12. The second kappa shape index (κ2) is 9.33. The van der Waals surface area contributed by atoms with Crippen molar-refractivity contribution in [1.82, 2.24) is 9.13 Å². The van der Waals surface area contributed by atoms with Gasteiger partial charge in [0.15, 0.2) is 0 Å². The van der Waals surface area contributed by atoms with Gasteiger partial charge in [-0.25, -0.2) is 4.79 Å². The molecular formula is C17H28N2O4. The van der Waals surface area contributed by atoms with Gasteiger partial charge in [0.1, 0.15) is 0 Å². The van der Waals surface area contributed by atoms with E-state index < -0.39 is 0 Å². The van der Waals surface area contributed by atoms with Crippen molar-refractivity contribution in [3.63, 3.8) is 0 Å². The van der Waals surface area contributed by atoms with Crippen LogP contribution in [-0.2, 0) is 16.1 Å². The molecular weight excluding hydrogens is 296 g/mol. The molecule has 0 atom stereocenters. The highest BCUT2D eigenvalue weighted by Gasteiger charge is 2.08. The number of hydrogen-bond acceptors (Lipinski definition) is 4. The SMILES string of the molecule is CC(C)C(=O)OCCCCCCn1ccc(=O)n(C(C)C)c1=O. The summed E-state index contributed by atoms with van der Waals surface area (Å²) in [4.78, 5) is 35.2. The monoisotopic (exact) mass is 324 g/mol. The van der Waals surface area contributed by atoms with E-state index in [9.17, 15) is 14.4 Å². The Morgan fingerprint density at radius 3 is 2.35 bits per heavy atom. The fourth-order valence-corrected chi connectivity index (χ4v) is 2.25. The first-order chi connectivity index (χ1) is 10.8. The van der Waals surface area contributed by atoms with Crippen LogP contribution in [0.25, 0.3) is 0 Å². The lowest BCUT2D eigenvalue weighted by molar-refractivity contribution is -0.147. The summed E-state index contributed by atoms with van der Waals surface area (Å²) in [5, 5.41) is 0. The van der Waals surface area contributed by atoms with Gasteiger partial charge in [0.2, 0.25) is 0 Å². The maximum atomic E-state index is 12.2. The highest BCUT2D eigenvalue weighted by atomic mass is 16.5. The summed E-state index contributed by atoms with van der Waals surface area (Å²) in [6.45, 7) is 8.33. The largest absolute Gasteiger partial charge is 0.465 e. The van der Waals surface area contributed by atoms with E-state index in [1.807, 2.05) is 27.7 Å². The van der Waals surface area contributed by atoms with E-state index in [0.29, 0.717) is 13.2 Å². The van der Waals surface area contributed by atoms with Gasteiger partial charge in [0.05, 0.1) is 12.5 Å². The number of aryl methyl sites for hydroxylation is 1. The summed E-state index contributed by atoms with van der Waals surface area (Å²) < 4.78 is 7.96. The highest BCUT2D eigenvalue weighted by Crippen LogP contribution is 2.04. The number of nitrogens with zero attached hydrogens (tertiary/aromatic N) is 2. The van der Waals surface area contributed by atoms with Crippen LogP contribution in [0, 0.1) is 5.92 Å². The molecule has 0 radical (unpaired) electrons. The van der Waals surface area contributed by atoms with E-state index in [2.05, 4.69) is 0 Å². The quantitative estimate of drug-likeness (QED) is 0.516. The van der Waals surface area contributed by atoms with Crippen molar-refractivity contribution in [1.29, 1.82) is 0 Å². The Kier molecular flexibility index (Phi) is 7.78. The number of aromatic nitrogens is 2. The molecule has 130 valence electrons. The molecule has 0 aliphatic carbocycles. The van der Waals surface area contributed by atoms with E-state index >= 15 is 0 Å². The number of unbranched alkanes of at least 4 members (excludes halogenated alkanes) is 3. The third-order valence-electron chi connectivity index (χ3n) is 3.61. The van der Waals surface area contributed by atoms with Crippen LogP contribution in [0.2, 0.25) is 0 Å². The van der Waals surface area contributed by atoms with Gasteiger partial charge in [0.25, 0.3) is 5.56 Å². The van der Waals surface area contributed by atoms with Crippen LogP contribution in [-0.4, -0.2) is 21.7 Å². The van der Waals surface area contributed by atoms with Crippen LogP contribution < -0.4 is 11.2 Å². The molecule has 0 saturated carbocycles. The third-order valence-corrected chi connectivity index (χ3v) is 3.61. The van der Waals surface area contributed by atoms with E-state index in [1.165, 1.54) is 10.6 Å². The predicted octanol–water partition coefficient (Wildman–Crippen LogP) is 2.35. The minimum atomic E-state index is -0.256. The maximum absolute atomic E-state index is 12.2. The minimum Gasteiger partial charge on any atom is -0.465 e. The van der Waals surface area contributed by atoms with E-state index in [1.54, 1.807) is 10.8 Å². The molecule has 1 heterocycles. The molecule has 0 saturated heterocycles. The second-order valence-corrected chi connectivity index (χ2v) is 6.33. The first kappa shape index (κ1) is 19.2. The zero-order chi connectivity index (χ0) is 17.4. The second-order valence-electron chi connectivity index (χ2n) is 6.33. The Bertz CT molecular complexity index is 614. The molecule has 0 unspecified atom stereocenters. The van der Waals surface area contributed by atoms with Crippen molar-refractivity contribution in [2.75, 3.05) is 6.61 Å². The molecule has 6 heteroatoms. The van der Waals surface area contributed by atoms with Gasteiger partial charge < -0.3 is 9.30 Å². The van der Waals surface area contributed by atoms with Gasteiger partial charge in [-0.05, 0) is 33.1 Å². The number of rotatable bonds is 9. The Morgan fingerprint density at radius 2 is 1.74 bits per heavy atom. The molecule has 0 aliphatic heterocycles. The van der Waals surface area contributed by atoms with Crippen LogP contribution in [0.5, 0.6) is 0 Å². The van der Waals surface area contributed by atoms with Gasteiger partial charge in [-0.3, -0.25) is 14.2 Å². The average molecular weight is 324 g/mol. The van der Waals surface area contributed by atoms with Crippen molar-refractivity contribution in [2.24, 2.45) is 5.92 Å². The van der Waals surface area contributed by atoms with Gasteiger partial charge in [-0.1, -0.05) is 20.3 Å². The fourth-order valence-electron chi connectivity index (χ4n) is 2.25. The molecule has 0 aliphatic rings. The molecule has 0 aromatic carbocycles. The molecule has 0 bridgehead atoms. The summed E-state index contributed by atoms with van der Waals surface area (Å²) in [5.74, 6) is -0.244. The predicted molar refractivity (Wildman–Crippen MR) is 89.6 cm³/mol. The number of carbonyl (C=O) groups excluding carboxylic acids is 1. The van der Waals surface area contributed by atoms with Gasteiger partial charge >= 0.3 is 11.7 Å². The number of carbonyl (C=O) groups is 1. The molecule has 1 aromatic heterocycles. The Hall–Kier alpha value is -1.85. The number of ether oxygens (including phenoxy) is 1. The number of hydrogen-bond donors (Lipinski definition) is 0. The molecule has 0 N–H and O–H groups in total. The smallest absolute Gasteiger partial charge is 0.331 e. The molecule has 0 fully saturated rings. The maximum Gasteiger partial charge on any atom is 0.331 e. The molecule has 1 rings (SSSR count). The zero-order valence-electron chi connectivity index (χ0n) is 14.6. The number of esters is 1. The molecule has 0 amide bonds. The van der Waals surface area contributed by atoms with Gasteiger partial charge in [-0.15, -0.1) is 0 Å². The highest BCUT2D eigenvalue weighted by molar-refractivity contribution is 5.71. The van der Waals surface area contributed by atoms with Gasteiger partial charge in [0, 0.05) is 24.8 Å². The Labute approximate surface area is 137 Å². The summed E-state index contributed by atoms with van der Waals surface area (Å²) in [6, 6.07) is 1.30.